The van der Waals surface area contributed by atoms with E-state index in [-0.39, 0.29) is 39.5 Å². The largest absolute Gasteiger partial charge is 0.507 e. The van der Waals surface area contributed by atoms with Crippen molar-refractivity contribution >= 4 is 11.0 Å². The molecule has 34 heavy (non-hydrogen) atoms. The third-order valence-corrected chi connectivity index (χ3v) is 5.82. The summed E-state index contributed by atoms with van der Waals surface area (Å²) in [6.45, 7) is -0.620. The van der Waals surface area contributed by atoms with Crippen LogP contribution in [0.25, 0.3) is 22.3 Å². The number of aliphatic hydroxyl groups is 4. The van der Waals surface area contributed by atoms with Crippen LogP contribution < -0.4 is 14.9 Å². The van der Waals surface area contributed by atoms with E-state index in [1.54, 1.807) is 0 Å². The maximum absolute atomic E-state index is 12.8. The van der Waals surface area contributed by atoms with Crippen LogP contribution in [-0.4, -0.2) is 75.9 Å². The van der Waals surface area contributed by atoms with Crippen LogP contribution in [0.3, 0.4) is 0 Å². The molecule has 1 aromatic heterocycles. The Morgan fingerprint density at radius 2 is 1.56 bits per heavy atom. The van der Waals surface area contributed by atoms with Gasteiger partial charge in [-0.3, -0.25) is 4.79 Å². The van der Waals surface area contributed by atoms with Gasteiger partial charge in [-0.2, -0.15) is 0 Å². The van der Waals surface area contributed by atoms with Crippen molar-refractivity contribution in [3.63, 3.8) is 0 Å². The summed E-state index contributed by atoms with van der Waals surface area (Å²) in [5.74, 6) is -0.463. The highest BCUT2D eigenvalue weighted by atomic mass is 16.5. The van der Waals surface area contributed by atoms with Crippen molar-refractivity contribution in [1.29, 1.82) is 0 Å². The zero-order valence-electron chi connectivity index (χ0n) is 18.2. The molecule has 0 bridgehead atoms. The number of ether oxygens (including phenoxy) is 3. The van der Waals surface area contributed by atoms with Gasteiger partial charge in [0.1, 0.15) is 53.0 Å². The van der Waals surface area contributed by atoms with E-state index in [1.165, 1.54) is 38.5 Å². The summed E-state index contributed by atoms with van der Waals surface area (Å²) in [4.78, 5) is 12.8. The van der Waals surface area contributed by atoms with Gasteiger partial charge in [-0.15, -0.1) is 0 Å². The highest BCUT2D eigenvalue weighted by Gasteiger charge is 2.44. The molecule has 1 saturated heterocycles. The normalized spacial score (nSPS) is 24.8. The van der Waals surface area contributed by atoms with Gasteiger partial charge in [0.2, 0.25) is 5.75 Å². The van der Waals surface area contributed by atoms with Gasteiger partial charge in [0, 0.05) is 11.6 Å². The Labute approximate surface area is 192 Å². The Hall–Kier alpha value is -3.35. The number of aromatic hydroxyl groups is 2. The van der Waals surface area contributed by atoms with Gasteiger partial charge in [0.25, 0.3) is 0 Å². The molecule has 2 heterocycles. The molecule has 1 fully saturated rings. The van der Waals surface area contributed by atoms with E-state index in [0.29, 0.717) is 5.56 Å². The molecule has 0 aliphatic carbocycles. The summed E-state index contributed by atoms with van der Waals surface area (Å²) in [6, 6.07) is 6.55. The maximum atomic E-state index is 12.8. The van der Waals surface area contributed by atoms with Crippen molar-refractivity contribution in [3.8, 4) is 34.3 Å². The van der Waals surface area contributed by atoms with E-state index in [4.69, 9.17) is 18.6 Å². The minimum atomic E-state index is -1.62. The van der Waals surface area contributed by atoms with Gasteiger partial charge in [0.15, 0.2) is 16.9 Å². The van der Waals surface area contributed by atoms with Crippen LogP contribution in [0.2, 0.25) is 0 Å². The monoisotopic (exact) mass is 476 g/mol. The van der Waals surface area contributed by atoms with E-state index in [1.807, 2.05) is 0 Å². The number of hydrogen-bond donors (Lipinski definition) is 6. The van der Waals surface area contributed by atoms with Crippen LogP contribution in [0, 0.1) is 0 Å². The average Bonchev–Trinajstić information content (AvgIpc) is 2.82. The second kappa shape index (κ2) is 9.12. The SMILES string of the molecule is COc1cc(-c2cc(=O)c3c(O)cc([C@@H]4OC(CO)[C@@H](O)C(O)[C@@H]4O)cc3o2)cc(OC)c1O. The molecule has 4 rings (SSSR count). The minimum absolute atomic E-state index is 0.0551. The third-order valence-electron chi connectivity index (χ3n) is 5.82. The van der Waals surface area contributed by atoms with Crippen LogP contribution in [-0.2, 0) is 4.74 Å². The fraction of sp³-hybridized carbons (Fsp3) is 0.348. The van der Waals surface area contributed by atoms with Crippen molar-refractivity contribution in [2.24, 2.45) is 0 Å². The molecule has 2 unspecified atom stereocenters. The molecule has 5 atom stereocenters. The summed E-state index contributed by atoms with van der Waals surface area (Å²) >= 11 is 0. The van der Waals surface area contributed by atoms with Gasteiger partial charge in [0.05, 0.1) is 20.8 Å². The Morgan fingerprint density at radius 3 is 2.15 bits per heavy atom. The molecule has 0 amide bonds. The van der Waals surface area contributed by atoms with Crippen LogP contribution in [0.4, 0.5) is 0 Å². The summed E-state index contributed by atoms with van der Waals surface area (Å²) < 4.78 is 21.7. The molecule has 3 aromatic rings. The molecule has 0 saturated carbocycles. The minimum Gasteiger partial charge on any atom is -0.507 e. The maximum Gasteiger partial charge on any atom is 0.200 e. The number of benzene rings is 2. The Kier molecular flexibility index (Phi) is 6.39. The lowest BCUT2D eigenvalue weighted by Gasteiger charge is -2.40. The summed E-state index contributed by atoms with van der Waals surface area (Å²) in [5.41, 5.74) is -0.146. The second-order valence-corrected chi connectivity index (χ2v) is 7.87. The first-order valence-corrected chi connectivity index (χ1v) is 10.3. The van der Waals surface area contributed by atoms with Crippen molar-refractivity contribution in [2.75, 3.05) is 20.8 Å². The summed E-state index contributed by atoms with van der Waals surface area (Å²) in [7, 11) is 2.69. The Balaban J connectivity index is 1.85. The lowest BCUT2D eigenvalue weighted by molar-refractivity contribution is -0.231. The van der Waals surface area contributed by atoms with Crippen molar-refractivity contribution in [3.05, 3.63) is 46.1 Å². The summed E-state index contributed by atoms with van der Waals surface area (Å²) in [5, 5.41) is 60.5. The number of hydrogen-bond acceptors (Lipinski definition) is 11. The fourth-order valence-electron chi connectivity index (χ4n) is 4.01. The highest BCUT2D eigenvalue weighted by molar-refractivity contribution is 5.85. The van der Waals surface area contributed by atoms with Crippen LogP contribution >= 0.6 is 0 Å². The van der Waals surface area contributed by atoms with E-state index in [9.17, 15) is 35.4 Å². The quantitative estimate of drug-likeness (QED) is 0.300. The highest BCUT2D eigenvalue weighted by Crippen LogP contribution is 2.41. The average molecular weight is 476 g/mol. The number of rotatable bonds is 5. The standard InChI is InChI=1S/C23H24O11/c1-31-15-4-9(5-16(32-2)19(15)27)13-7-12(26)18-11(25)3-10(6-14(18)33-13)23-22(30)21(29)20(28)17(8-24)34-23/h3-7,17,20-25,27-30H,8H2,1-2H3/t17?,20-,21?,22+,23+/m1/s1. The van der Waals surface area contributed by atoms with Crippen molar-refractivity contribution in [2.45, 2.75) is 30.5 Å². The molecule has 11 nitrogen and oxygen atoms in total. The lowest BCUT2D eigenvalue weighted by atomic mass is 9.90. The third kappa shape index (κ3) is 3.93. The van der Waals surface area contributed by atoms with E-state index >= 15 is 0 Å². The number of phenols is 2. The first kappa shape index (κ1) is 23.8. The number of aliphatic hydroxyl groups excluding tert-OH is 4. The van der Waals surface area contributed by atoms with Crippen LogP contribution in [0.5, 0.6) is 23.0 Å². The van der Waals surface area contributed by atoms with Crippen molar-refractivity contribution < 1.29 is 49.3 Å². The predicted octanol–water partition coefficient (Wildman–Crippen LogP) is 0.403. The Bertz CT molecular complexity index is 1240. The smallest absolute Gasteiger partial charge is 0.200 e. The van der Waals surface area contributed by atoms with Gasteiger partial charge >= 0.3 is 0 Å². The first-order valence-electron chi connectivity index (χ1n) is 10.3. The zero-order chi connectivity index (χ0) is 24.7. The molecular formula is C23H24O11. The van der Waals surface area contributed by atoms with Crippen LogP contribution in [0.15, 0.2) is 39.5 Å². The van der Waals surface area contributed by atoms with Gasteiger partial charge in [-0.1, -0.05) is 0 Å². The lowest BCUT2D eigenvalue weighted by Crippen LogP contribution is -2.55. The van der Waals surface area contributed by atoms with E-state index in [0.717, 1.165) is 6.07 Å². The molecule has 2 aromatic carbocycles. The van der Waals surface area contributed by atoms with Gasteiger partial charge < -0.3 is 49.3 Å². The molecule has 1 aliphatic heterocycles. The molecule has 0 spiro atoms. The van der Waals surface area contributed by atoms with E-state index < -0.39 is 48.3 Å². The molecule has 0 radical (unpaired) electrons. The zero-order valence-corrected chi connectivity index (χ0v) is 18.2. The van der Waals surface area contributed by atoms with E-state index in [2.05, 4.69) is 0 Å². The number of phenolic OH excluding ortho intramolecular Hbond substituents is 2. The topological polar surface area (TPSA) is 179 Å². The van der Waals surface area contributed by atoms with Gasteiger partial charge in [-0.25, -0.2) is 0 Å². The van der Waals surface area contributed by atoms with Crippen LogP contribution in [0.1, 0.15) is 11.7 Å². The predicted molar refractivity (Wildman–Crippen MR) is 117 cm³/mol. The molecule has 6 N–H and O–H groups in total. The first-order chi connectivity index (χ1) is 16.2. The fourth-order valence-corrected chi connectivity index (χ4v) is 4.01. The Morgan fingerprint density at radius 1 is 0.912 bits per heavy atom. The summed E-state index contributed by atoms with van der Waals surface area (Å²) in [6.07, 6.45) is -7.15. The number of fused-ring (bicyclic) bond motifs is 1. The number of methoxy groups -OCH3 is 2. The molecular weight excluding hydrogens is 452 g/mol. The van der Waals surface area contributed by atoms with Crippen molar-refractivity contribution in [1.82, 2.24) is 0 Å². The second-order valence-electron chi connectivity index (χ2n) is 7.87. The molecule has 182 valence electrons. The molecule has 1 aliphatic rings. The molecule has 11 heteroatoms. The van der Waals surface area contributed by atoms with Gasteiger partial charge in [-0.05, 0) is 29.8 Å².